The maximum atomic E-state index is 5.75. The van der Waals surface area contributed by atoms with E-state index in [4.69, 9.17) is 16.3 Å². The number of hydrogen-bond acceptors (Lipinski definition) is 5. The van der Waals surface area contributed by atoms with E-state index in [0.717, 1.165) is 31.0 Å². The molecule has 0 aromatic carbocycles. The minimum Gasteiger partial charge on any atom is -0.379 e. The summed E-state index contributed by atoms with van der Waals surface area (Å²) >= 11 is 5.75. The summed E-state index contributed by atoms with van der Waals surface area (Å²) in [5.74, 6) is 0.509. The standard InChI is InChI=1S/C12H14ClN5O/c1-8-11(17-12-14-4-9(13)5-15-12)6-16-18(8)10-2-3-19-7-10/h4-6,10H,2-3,7H2,1H3,(H,14,15,17). The molecule has 100 valence electrons. The van der Waals surface area contributed by atoms with E-state index >= 15 is 0 Å². The monoisotopic (exact) mass is 279 g/mol. The third-order valence-electron chi connectivity index (χ3n) is 3.16. The zero-order valence-electron chi connectivity index (χ0n) is 10.5. The summed E-state index contributed by atoms with van der Waals surface area (Å²) in [6.45, 7) is 3.54. The lowest BCUT2D eigenvalue weighted by molar-refractivity contribution is 0.184. The molecule has 1 unspecified atom stereocenters. The largest absolute Gasteiger partial charge is 0.379 e. The molecule has 19 heavy (non-hydrogen) atoms. The van der Waals surface area contributed by atoms with Crippen molar-refractivity contribution >= 4 is 23.2 Å². The van der Waals surface area contributed by atoms with Crippen LogP contribution in [0.5, 0.6) is 0 Å². The highest BCUT2D eigenvalue weighted by Crippen LogP contribution is 2.25. The molecule has 2 aromatic rings. The molecule has 0 radical (unpaired) electrons. The Bertz CT molecular complexity index is 562. The van der Waals surface area contributed by atoms with Crippen molar-refractivity contribution in [1.29, 1.82) is 0 Å². The molecular formula is C12H14ClN5O. The van der Waals surface area contributed by atoms with Gasteiger partial charge in [-0.2, -0.15) is 5.10 Å². The molecule has 1 saturated heterocycles. The smallest absolute Gasteiger partial charge is 0.227 e. The van der Waals surface area contributed by atoms with Crippen LogP contribution in [0, 0.1) is 6.92 Å². The number of ether oxygens (including phenoxy) is 1. The molecule has 0 amide bonds. The Balaban J connectivity index is 1.80. The van der Waals surface area contributed by atoms with Crippen LogP contribution in [0.15, 0.2) is 18.6 Å². The van der Waals surface area contributed by atoms with Crippen molar-refractivity contribution in [3.63, 3.8) is 0 Å². The molecule has 1 aliphatic rings. The van der Waals surface area contributed by atoms with Crippen LogP contribution in [0.4, 0.5) is 11.6 Å². The highest BCUT2D eigenvalue weighted by Gasteiger charge is 2.21. The number of anilines is 2. The fourth-order valence-corrected chi connectivity index (χ4v) is 2.22. The summed E-state index contributed by atoms with van der Waals surface area (Å²) in [5.41, 5.74) is 1.95. The SMILES string of the molecule is Cc1c(Nc2ncc(Cl)cn2)cnn1C1CCOC1. The first-order valence-electron chi connectivity index (χ1n) is 6.10. The highest BCUT2D eigenvalue weighted by molar-refractivity contribution is 6.30. The minimum absolute atomic E-state index is 0.321. The predicted octanol–water partition coefficient (Wildman–Crippen LogP) is 2.34. The minimum atomic E-state index is 0.321. The predicted molar refractivity (Wildman–Crippen MR) is 71.8 cm³/mol. The number of aromatic nitrogens is 4. The van der Waals surface area contributed by atoms with E-state index < -0.39 is 0 Å². The summed E-state index contributed by atoms with van der Waals surface area (Å²) in [6.07, 6.45) is 5.90. The molecule has 6 nitrogen and oxygen atoms in total. The summed E-state index contributed by atoms with van der Waals surface area (Å²) in [7, 11) is 0. The molecular weight excluding hydrogens is 266 g/mol. The van der Waals surface area contributed by atoms with Gasteiger partial charge >= 0.3 is 0 Å². The van der Waals surface area contributed by atoms with Crippen LogP contribution >= 0.6 is 11.6 Å². The molecule has 0 bridgehead atoms. The first-order chi connectivity index (χ1) is 9.24. The Morgan fingerprint density at radius 1 is 1.37 bits per heavy atom. The van der Waals surface area contributed by atoms with Gasteiger partial charge in [-0.15, -0.1) is 0 Å². The third kappa shape index (κ3) is 2.54. The number of hydrogen-bond donors (Lipinski definition) is 1. The maximum Gasteiger partial charge on any atom is 0.227 e. The van der Waals surface area contributed by atoms with Crippen molar-refractivity contribution in [2.45, 2.75) is 19.4 Å². The average Bonchev–Trinajstić information content (AvgIpc) is 3.03. The lowest BCUT2D eigenvalue weighted by atomic mass is 10.2. The van der Waals surface area contributed by atoms with E-state index in [9.17, 15) is 0 Å². The number of nitrogens with zero attached hydrogens (tertiary/aromatic N) is 4. The van der Waals surface area contributed by atoms with Gasteiger partial charge in [0.15, 0.2) is 0 Å². The fourth-order valence-electron chi connectivity index (χ4n) is 2.13. The molecule has 0 saturated carbocycles. The molecule has 3 rings (SSSR count). The zero-order chi connectivity index (χ0) is 13.2. The summed E-state index contributed by atoms with van der Waals surface area (Å²) < 4.78 is 7.38. The summed E-state index contributed by atoms with van der Waals surface area (Å²) in [5, 5.41) is 8.06. The second kappa shape index (κ2) is 5.14. The molecule has 7 heteroatoms. The molecule has 0 spiro atoms. The van der Waals surface area contributed by atoms with Crippen molar-refractivity contribution < 1.29 is 4.74 Å². The molecule has 1 atom stereocenters. The Morgan fingerprint density at radius 3 is 2.84 bits per heavy atom. The van der Waals surface area contributed by atoms with Crippen LogP contribution < -0.4 is 5.32 Å². The third-order valence-corrected chi connectivity index (χ3v) is 3.36. The van der Waals surface area contributed by atoms with Gasteiger partial charge < -0.3 is 10.1 Å². The Kier molecular flexibility index (Phi) is 3.35. The number of nitrogens with one attached hydrogen (secondary N) is 1. The quantitative estimate of drug-likeness (QED) is 0.934. The summed E-state index contributed by atoms with van der Waals surface area (Å²) in [6, 6.07) is 0.321. The molecule has 1 N–H and O–H groups in total. The Labute approximate surface area is 115 Å². The van der Waals surface area contributed by atoms with Crippen LogP contribution in [0.2, 0.25) is 5.02 Å². The van der Waals surface area contributed by atoms with Crippen molar-refractivity contribution in [2.24, 2.45) is 0 Å². The van der Waals surface area contributed by atoms with Gasteiger partial charge in [-0.3, -0.25) is 4.68 Å². The molecule has 3 heterocycles. The van der Waals surface area contributed by atoms with Crippen molar-refractivity contribution in [2.75, 3.05) is 18.5 Å². The van der Waals surface area contributed by atoms with Gasteiger partial charge in [-0.05, 0) is 13.3 Å². The zero-order valence-corrected chi connectivity index (χ0v) is 11.3. The first kappa shape index (κ1) is 12.4. The summed E-state index contributed by atoms with van der Waals surface area (Å²) in [4.78, 5) is 8.21. The van der Waals surface area contributed by atoms with Crippen molar-refractivity contribution in [1.82, 2.24) is 19.7 Å². The Morgan fingerprint density at radius 2 is 2.16 bits per heavy atom. The normalized spacial score (nSPS) is 18.7. The Hall–Kier alpha value is -1.66. The number of halogens is 1. The van der Waals surface area contributed by atoms with Crippen molar-refractivity contribution in [3.05, 3.63) is 29.3 Å². The van der Waals surface area contributed by atoms with Gasteiger partial charge in [0.05, 0.1) is 47.6 Å². The van der Waals surface area contributed by atoms with E-state index in [0.29, 0.717) is 17.0 Å². The van der Waals surface area contributed by atoms with Crippen LogP contribution in [0.1, 0.15) is 18.2 Å². The first-order valence-corrected chi connectivity index (χ1v) is 6.48. The molecule has 1 fully saturated rings. The second-order valence-corrected chi connectivity index (χ2v) is 4.89. The molecule has 2 aromatic heterocycles. The average molecular weight is 280 g/mol. The van der Waals surface area contributed by atoms with Crippen molar-refractivity contribution in [3.8, 4) is 0 Å². The lowest BCUT2D eigenvalue weighted by Crippen LogP contribution is -2.12. The van der Waals surface area contributed by atoms with Gasteiger partial charge in [0, 0.05) is 6.61 Å². The fraction of sp³-hybridized carbons (Fsp3) is 0.417. The van der Waals surface area contributed by atoms with Gasteiger partial charge in [0.1, 0.15) is 0 Å². The topological polar surface area (TPSA) is 64.9 Å². The van der Waals surface area contributed by atoms with E-state index in [1.165, 1.54) is 0 Å². The number of rotatable bonds is 3. The van der Waals surface area contributed by atoms with E-state index in [1.54, 1.807) is 18.6 Å². The van der Waals surface area contributed by atoms with Gasteiger partial charge in [0.2, 0.25) is 5.95 Å². The van der Waals surface area contributed by atoms with E-state index in [1.807, 2.05) is 11.6 Å². The van der Waals surface area contributed by atoms with Crippen LogP contribution in [-0.4, -0.2) is 33.0 Å². The van der Waals surface area contributed by atoms with E-state index in [2.05, 4.69) is 20.4 Å². The van der Waals surface area contributed by atoms with Gasteiger partial charge in [0.25, 0.3) is 0 Å². The van der Waals surface area contributed by atoms with Crippen LogP contribution in [-0.2, 0) is 4.74 Å². The lowest BCUT2D eigenvalue weighted by Gasteiger charge is -2.11. The van der Waals surface area contributed by atoms with Crippen LogP contribution in [0.3, 0.4) is 0 Å². The van der Waals surface area contributed by atoms with Gasteiger partial charge in [-0.25, -0.2) is 9.97 Å². The second-order valence-electron chi connectivity index (χ2n) is 4.46. The van der Waals surface area contributed by atoms with E-state index in [-0.39, 0.29) is 0 Å². The molecule has 0 aliphatic carbocycles. The van der Waals surface area contributed by atoms with Gasteiger partial charge in [-0.1, -0.05) is 11.6 Å². The highest BCUT2D eigenvalue weighted by atomic mass is 35.5. The van der Waals surface area contributed by atoms with Crippen LogP contribution in [0.25, 0.3) is 0 Å². The maximum absolute atomic E-state index is 5.75. The molecule has 1 aliphatic heterocycles.